The lowest BCUT2D eigenvalue weighted by Gasteiger charge is -2.14. The molecule has 31 heavy (non-hydrogen) atoms. The molecule has 0 saturated heterocycles. The number of nitrogens with zero attached hydrogens (tertiary/aromatic N) is 5. The van der Waals surface area contributed by atoms with Crippen LogP contribution in [0.4, 0.5) is 5.69 Å². The maximum Gasteiger partial charge on any atom is 0.251 e. The maximum absolute atomic E-state index is 12.7. The highest BCUT2D eigenvalue weighted by atomic mass is 16.5. The minimum Gasteiger partial charge on any atom is -0.456 e. The third-order valence-electron chi connectivity index (χ3n) is 4.80. The van der Waals surface area contributed by atoms with E-state index >= 15 is 0 Å². The number of rotatable bonds is 6. The van der Waals surface area contributed by atoms with E-state index in [1.807, 2.05) is 25.1 Å². The van der Waals surface area contributed by atoms with E-state index in [-0.39, 0.29) is 5.91 Å². The summed E-state index contributed by atoms with van der Waals surface area (Å²) in [6.07, 6.45) is 5.00. The Labute approximate surface area is 178 Å². The monoisotopic (exact) mass is 410 g/mol. The number of aromatic nitrogens is 2. The summed E-state index contributed by atoms with van der Waals surface area (Å²) >= 11 is 0. The van der Waals surface area contributed by atoms with Gasteiger partial charge in [-0.3, -0.25) is 14.8 Å². The molecule has 4 rings (SSSR count). The zero-order chi connectivity index (χ0) is 21.6. The summed E-state index contributed by atoms with van der Waals surface area (Å²) in [6, 6.07) is 16.0. The average molecular weight is 410 g/mol. The van der Waals surface area contributed by atoms with Gasteiger partial charge in [-0.2, -0.15) is 0 Å². The molecule has 0 aliphatic rings. The minimum absolute atomic E-state index is 0.182. The molecule has 4 aromatic rings. The van der Waals surface area contributed by atoms with Gasteiger partial charge < -0.3 is 10.1 Å². The molecule has 2 aromatic heterocycles. The van der Waals surface area contributed by atoms with Crippen LogP contribution < -0.4 is 10.1 Å². The summed E-state index contributed by atoms with van der Waals surface area (Å²) in [4.78, 5) is 23.8. The van der Waals surface area contributed by atoms with Gasteiger partial charge in [0.2, 0.25) is 0 Å². The Kier molecular flexibility index (Phi) is 5.73. The number of carbonyl (C=O) groups excluding carboxylic acids is 1. The molecule has 0 aliphatic heterocycles. The van der Waals surface area contributed by atoms with Crippen molar-refractivity contribution in [3.8, 4) is 11.5 Å². The molecule has 0 radical (unpaired) electrons. The standard InChI is InChI=1S/C23H18N6O2/c1-15-18(23(30)27-14-16-7-10-25-11-8-16)3-2-4-21(15)31-22-9-12-26-20-13-17(28-29-24)5-6-19(20)22/h2-13H,14H2,1H3,(H,27,30). The second-order valence-corrected chi connectivity index (χ2v) is 6.77. The van der Waals surface area contributed by atoms with E-state index < -0.39 is 0 Å². The van der Waals surface area contributed by atoms with Crippen molar-refractivity contribution >= 4 is 22.5 Å². The van der Waals surface area contributed by atoms with Crippen molar-refractivity contribution in [1.29, 1.82) is 0 Å². The number of ether oxygens (including phenoxy) is 1. The first-order valence-electron chi connectivity index (χ1n) is 9.54. The zero-order valence-corrected chi connectivity index (χ0v) is 16.7. The van der Waals surface area contributed by atoms with Crippen LogP contribution in [0.3, 0.4) is 0 Å². The smallest absolute Gasteiger partial charge is 0.251 e. The van der Waals surface area contributed by atoms with E-state index in [4.69, 9.17) is 10.3 Å². The van der Waals surface area contributed by atoms with Gasteiger partial charge >= 0.3 is 0 Å². The Morgan fingerprint density at radius 2 is 1.94 bits per heavy atom. The molecule has 2 heterocycles. The van der Waals surface area contributed by atoms with Crippen molar-refractivity contribution in [3.63, 3.8) is 0 Å². The normalized spacial score (nSPS) is 10.4. The van der Waals surface area contributed by atoms with Gasteiger partial charge in [-0.1, -0.05) is 17.2 Å². The van der Waals surface area contributed by atoms with E-state index in [0.717, 1.165) is 16.5 Å². The number of hydrogen-bond donors (Lipinski definition) is 1. The second kappa shape index (κ2) is 8.94. The highest BCUT2D eigenvalue weighted by molar-refractivity contribution is 5.96. The van der Waals surface area contributed by atoms with Crippen LogP contribution in [-0.4, -0.2) is 15.9 Å². The van der Waals surface area contributed by atoms with E-state index in [1.54, 1.807) is 55.0 Å². The predicted octanol–water partition coefficient (Wildman–Crippen LogP) is 5.60. The minimum atomic E-state index is -0.182. The highest BCUT2D eigenvalue weighted by Gasteiger charge is 2.14. The molecule has 2 aromatic carbocycles. The van der Waals surface area contributed by atoms with Crippen molar-refractivity contribution in [2.75, 3.05) is 0 Å². The third-order valence-corrected chi connectivity index (χ3v) is 4.80. The Hall–Kier alpha value is -4.42. The highest BCUT2D eigenvalue weighted by Crippen LogP contribution is 2.33. The summed E-state index contributed by atoms with van der Waals surface area (Å²) in [5.41, 5.74) is 12.0. The van der Waals surface area contributed by atoms with Crippen LogP contribution in [0.1, 0.15) is 21.5 Å². The van der Waals surface area contributed by atoms with Crippen molar-refractivity contribution in [2.45, 2.75) is 13.5 Å². The average Bonchev–Trinajstić information content (AvgIpc) is 2.80. The van der Waals surface area contributed by atoms with Crippen molar-refractivity contribution < 1.29 is 9.53 Å². The van der Waals surface area contributed by atoms with E-state index in [0.29, 0.717) is 34.8 Å². The molecular formula is C23H18N6O2. The van der Waals surface area contributed by atoms with Crippen molar-refractivity contribution in [2.24, 2.45) is 5.11 Å². The molecule has 8 heteroatoms. The van der Waals surface area contributed by atoms with Crippen molar-refractivity contribution in [3.05, 3.63) is 100 Å². The van der Waals surface area contributed by atoms with Crippen LogP contribution in [0, 0.1) is 6.92 Å². The molecule has 0 aliphatic carbocycles. The van der Waals surface area contributed by atoms with Gasteiger partial charge in [0, 0.05) is 52.2 Å². The fraction of sp³-hybridized carbons (Fsp3) is 0.0870. The SMILES string of the molecule is Cc1c(Oc2ccnc3cc(N=[N+]=[N-])ccc23)cccc1C(=O)NCc1ccncc1. The van der Waals surface area contributed by atoms with Gasteiger partial charge in [-0.25, -0.2) is 0 Å². The van der Waals surface area contributed by atoms with Gasteiger partial charge in [0.05, 0.1) is 5.52 Å². The lowest BCUT2D eigenvalue weighted by Crippen LogP contribution is -2.23. The first-order valence-corrected chi connectivity index (χ1v) is 9.54. The Morgan fingerprint density at radius 3 is 2.74 bits per heavy atom. The number of amides is 1. The molecule has 152 valence electrons. The number of carbonyl (C=O) groups is 1. The Balaban J connectivity index is 1.58. The maximum atomic E-state index is 12.7. The molecule has 8 nitrogen and oxygen atoms in total. The third kappa shape index (κ3) is 4.44. The number of benzene rings is 2. The van der Waals surface area contributed by atoms with E-state index in [2.05, 4.69) is 25.3 Å². The zero-order valence-electron chi connectivity index (χ0n) is 16.7. The number of pyridine rings is 2. The van der Waals surface area contributed by atoms with Gasteiger partial charge in [0.1, 0.15) is 11.5 Å². The fourth-order valence-corrected chi connectivity index (χ4v) is 3.18. The molecule has 0 atom stereocenters. The topological polar surface area (TPSA) is 113 Å². The van der Waals surface area contributed by atoms with Crippen LogP contribution in [0.25, 0.3) is 21.3 Å². The van der Waals surface area contributed by atoms with Crippen molar-refractivity contribution in [1.82, 2.24) is 15.3 Å². The van der Waals surface area contributed by atoms with E-state index in [9.17, 15) is 4.79 Å². The van der Waals surface area contributed by atoms with Crippen LogP contribution in [0.5, 0.6) is 11.5 Å². The summed E-state index contributed by atoms with van der Waals surface area (Å²) in [6.45, 7) is 2.26. The molecule has 1 amide bonds. The summed E-state index contributed by atoms with van der Waals surface area (Å²) < 4.78 is 6.14. The lowest BCUT2D eigenvalue weighted by atomic mass is 10.1. The van der Waals surface area contributed by atoms with Crippen LogP contribution in [0.15, 0.2) is 78.3 Å². The van der Waals surface area contributed by atoms with Gasteiger partial charge in [0.15, 0.2) is 0 Å². The quantitative estimate of drug-likeness (QED) is 0.253. The number of azide groups is 1. The first-order chi connectivity index (χ1) is 15.2. The largest absolute Gasteiger partial charge is 0.456 e. The first kappa shape index (κ1) is 19.9. The predicted molar refractivity (Wildman–Crippen MR) is 117 cm³/mol. The van der Waals surface area contributed by atoms with Crippen LogP contribution >= 0.6 is 0 Å². The lowest BCUT2D eigenvalue weighted by molar-refractivity contribution is 0.0950. The molecule has 0 saturated carbocycles. The molecule has 0 unspecified atom stereocenters. The Morgan fingerprint density at radius 1 is 1.10 bits per heavy atom. The number of nitrogens with one attached hydrogen (secondary N) is 1. The van der Waals surface area contributed by atoms with Gasteiger partial charge in [-0.15, -0.1) is 0 Å². The number of hydrogen-bond acceptors (Lipinski definition) is 5. The summed E-state index contributed by atoms with van der Waals surface area (Å²) in [5, 5.41) is 7.30. The fourth-order valence-electron chi connectivity index (χ4n) is 3.18. The number of fused-ring (bicyclic) bond motifs is 1. The molecular weight excluding hydrogens is 392 g/mol. The second-order valence-electron chi connectivity index (χ2n) is 6.77. The van der Waals surface area contributed by atoms with Gasteiger partial charge in [-0.05, 0) is 60.5 Å². The summed E-state index contributed by atoms with van der Waals surface area (Å²) in [5.74, 6) is 0.983. The molecule has 0 bridgehead atoms. The molecule has 0 fully saturated rings. The van der Waals surface area contributed by atoms with E-state index in [1.165, 1.54) is 0 Å². The van der Waals surface area contributed by atoms with Crippen LogP contribution in [-0.2, 0) is 6.54 Å². The van der Waals surface area contributed by atoms with Gasteiger partial charge in [0.25, 0.3) is 5.91 Å². The Bertz CT molecular complexity index is 1300. The summed E-state index contributed by atoms with van der Waals surface area (Å²) in [7, 11) is 0. The molecule has 1 N–H and O–H groups in total. The van der Waals surface area contributed by atoms with Crippen LogP contribution in [0.2, 0.25) is 0 Å². The molecule has 0 spiro atoms.